The average molecular weight is 404 g/mol. The Kier molecular flexibility index (Phi) is 5.63. The zero-order valence-corrected chi connectivity index (χ0v) is 17.1. The van der Waals surface area contributed by atoms with E-state index in [0.717, 1.165) is 63.9 Å². The summed E-state index contributed by atoms with van der Waals surface area (Å²) in [6.07, 6.45) is 3.58. The van der Waals surface area contributed by atoms with Crippen LogP contribution in [0.15, 0.2) is 16.9 Å². The fourth-order valence-corrected chi connectivity index (χ4v) is 4.77. The second-order valence-electron chi connectivity index (χ2n) is 8.35. The van der Waals surface area contributed by atoms with Gasteiger partial charge >= 0.3 is 11.8 Å². The van der Waals surface area contributed by atoms with Crippen LogP contribution >= 0.6 is 0 Å². The number of nitrogens with zero attached hydrogens (tertiary/aromatic N) is 3. The zero-order chi connectivity index (χ0) is 20.5. The number of fused-ring (bicyclic) bond motifs is 1. The molecule has 1 aromatic carbocycles. The van der Waals surface area contributed by atoms with Crippen molar-refractivity contribution in [3.63, 3.8) is 0 Å². The van der Waals surface area contributed by atoms with E-state index < -0.39 is 0 Å². The Hall–Kier alpha value is -2.35. The number of benzene rings is 1. The van der Waals surface area contributed by atoms with E-state index in [1.54, 1.807) is 17.9 Å². The van der Waals surface area contributed by atoms with Gasteiger partial charge in [-0.3, -0.25) is 4.57 Å². The van der Waals surface area contributed by atoms with E-state index in [4.69, 9.17) is 4.74 Å². The van der Waals surface area contributed by atoms with Gasteiger partial charge in [-0.1, -0.05) is 0 Å². The van der Waals surface area contributed by atoms with Crippen LogP contribution in [0.1, 0.15) is 37.3 Å². The maximum Gasteiger partial charge on any atom is 0.409 e. The van der Waals surface area contributed by atoms with E-state index in [1.165, 1.54) is 13.2 Å². The number of hydrogen-bond donors (Lipinski definition) is 1. The molecule has 158 valence electrons. The molecule has 2 aromatic rings. The summed E-state index contributed by atoms with van der Waals surface area (Å²) in [5.74, 6) is 0.299. The lowest BCUT2D eigenvalue weighted by molar-refractivity contribution is 0.0920. The molecule has 2 aliphatic heterocycles. The second-order valence-corrected chi connectivity index (χ2v) is 8.35. The number of piperidine rings is 2. The molecule has 2 saturated heterocycles. The molecule has 0 bridgehead atoms. The number of ether oxygens (including phenoxy) is 1. The lowest BCUT2D eigenvalue weighted by Gasteiger charge is -2.37. The molecule has 3 heterocycles. The number of aryl methyl sites for hydroxylation is 1. The summed E-state index contributed by atoms with van der Waals surface area (Å²) >= 11 is 0. The first-order valence-corrected chi connectivity index (χ1v) is 10.4. The maximum absolute atomic E-state index is 13.8. The fraction of sp³-hybridized carbons (Fsp3) is 0.619. The number of halogens is 1. The highest BCUT2D eigenvalue weighted by Crippen LogP contribution is 2.28. The lowest BCUT2D eigenvalue weighted by Crippen LogP contribution is -2.43. The molecule has 7 nitrogen and oxygen atoms in total. The average Bonchev–Trinajstić information content (AvgIpc) is 3.03. The molecule has 0 saturated carbocycles. The number of H-pyrrole nitrogens is 1. The minimum Gasteiger partial charge on any atom is -0.453 e. The Bertz CT molecular complexity index is 937. The second kappa shape index (κ2) is 8.18. The highest BCUT2D eigenvalue weighted by atomic mass is 19.1. The molecule has 2 aliphatic rings. The van der Waals surface area contributed by atoms with E-state index in [0.29, 0.717) is 17.0 Å². The van der Waals surface area contributed by atoms with Crippen molar-refractivity contribution in [2.24, 2.45) is 5.92 Å². The molecular formula is C21H29FN4O3. The van der Waals surface area contributed by atoms with Gasteiger partial charge in [-0.2, -0.15) is 0 Å². The third kappa shape index (κ3) is 4.03. The van der Waals surface area contributed by atoms with Gasteiger partial charge in [0.05, 0.1) is 18.1 Å². The number of carbonyl (C=O) groups excluding carboxylic acids is 1. The lowest BCUT2D eigenvalue weighted by atomic mass is 9.95. The van der Waals surface area contributed by atoms with E-state index in [2.05, 4.69) is 9.88 Å². The molecule has 0 radical (unpaired) electrons. The van der Waals surface area contributed by atoms with Gasteiger partial charge in [0.1, 0.15) is 5.82 Å². The van der Waals surface area contributed by atoms with E-state index in [-0.39, 0.29) is 23.6 Å². The van der Waals surface area contributed by atoms with Gasteiger partial charge in [0.15, 0.2) is 0 Å². The summed E-state index contributed by atoms with van der Waals surface area (Å²) in [5.41, 5.74) is 1.76. The van der Waals surface area contributed by atoms with Gasteiger partial charge in [-0.05, 0) is 56.2 Å². The van der Waals surface area contributed by atoms with Crippen molar-refractivity contribution in [3.05, 3.63) is 34.0 Å². The van der Waals surface area contributed by atoms with Gasteiger partial charge < -0.3 is 19.5 Å². The first kappa shape index (κ1) is 19.9. The van der Waals surface area contributed by atoms with Crippen molar-refractivity contribution in [2.45, 2.75) is 38.6 Å². The van der Waals surface area contributed by atoms with Gasteiger partial charge in [0.2, 0.25) is 0 Å². The molecule has 4 rings (SSSR count). The van der Waals surface area contributed by atoms with E-state index in [1.807, 2.05) is 4.57 Å². The summed E-state index contributed by atoms with van der Waals surface area (Å²) in [6, 6.07) is 3.32. The number of likely N-dealkylation sites (tertiary alicyclic amines) is 2. The standard InChI is InChI=1S/C21H29FN4O3/c1-14-11-19-18(12-17(14)22)23-20(27)26(19)16-5-7-24(8-6-16)13-15-3-9-25(10-4-15)21(28)29-2/h11-12,15-16H,3-10,13H2,1-2H3,(H,23,27). The fourth-order valence-electron chi connectivity index (χ4n) is 4.77. The number of aromatic nitrogens is 2. The SMILES string of the molecule is COC(=O)N1CCC(CN2CCC(n3c(=O)[nH]c4cc(F)c(C)cc43)CC2)CC1. The number of methoxy groups -OCH3 is 1. The summed E-state index contributed by atoms with van der Waals surface area (Å²) in [5, 5.41) is 0. The molecule has 1 amide bonds. The number of aromatic amines is 1. The Labute approximate surface area is 169 Å². The van der Waals surface area contributed by atoms with Crippen molar-refractivity contribution in [3.8, 4) is 0 Å². The quantitative estimate of drug-likeness (QED) is 0.854. The van der Waals surface area contributed by atoms with Crippen LogP contribution in [-0.4, -0.2) is 65.3 Å². The molecule has 29 heavy (non-hydrogen) atoms. The maximum atomic E-state index is 13.8. The van der Waals surface area contributed by atoms with Gasteiger partial charge in [0, 0.05) is 38.8 Å². The highest BCUT2D eigenvalue weighted by molar-refractivity contribution is 5.76. The third-order valence-electron chi connectivity index (χ3n) is 6.48. The number of imidazole rings is 1. The van der Waals surface area contributed by atoms with Crippen LogP contribution in [0.5, 0.6) is 0 Å². The van der Waals surface area contributed by atoms with E-state index >= 15 is 0 Å². The molecule has 1 aromatic heterocycles. The number of carbonyl (C=O) groups is 1. The Morgan fingerprint density at radius 2 is 1.86 bits per heavy atom. The Morgan fingerprint density at radius 1 is 1.17 bits per heavy atom. The number of nitrogens with one attached hydrogen (secondary N) is 1. The Balaban J connectivity index is 1.35. The monoisotopic (exact) mass is 404 g/mol. The predicted molar refractivity (Wildman–Crippen MR) is 109 cm³/mol. The smallest absolute Gasteiger partial charge is 0.409 e. The zero-order valence-electron chi connectivity index (χ0n) is 17.1. The molecule has 0 spiro atoms. The molecule has 0 atom stereocenters. The van der Waals surface area contributed by atoms with Crippen LogP contribution in [0, 0.1) is 18.7 Å². The van der Waals surface area contributed by atoms with Crippen molar-refractivity contribution in [2.75, 3.05) is 39.8 Å². The number of hydrogen-bond acceptors (Lipinski definition) is 4. The summed E-state index contributed by atoms with van der Waals surface area (Å²) in [4.78, 5) is 31.2. The summed E-state index contributed by atoms with van der Waals surface area (Å²) in [7, 11) is 1.43. The number of rotatable bonds is 3. The van der Waals surface area contributed by atoms with Gasteiger partial charge in [-0.15, -0.1) is 0 Å². The van der Waals surface area contributed by atoms with Crippen molar-refractivity contribution < 1.29 is 13.9 Å². The number of amides is 1. The topological polar surface area (TPSA) is 70.6 Å². The van der Waals surface area contributed by atoms with Crippen LogP contribution in [0.3, 0.4) is 0 Å². The molecule has 0 aliphatic carbocycles. The molecular weight excluding hydrogens is 375 g/mol. The van der Waals surface area contributed by atoms with Crippen LogP contribution in [0.25, 0.3) is 11.0 Å². The largest absolute Gasteiger partial charge is 0.453 e. The van der Waals surface area contributed by atoms with Crippen LogP contribution in [-0.2, 0) is 4.74 Å². The molecule has 1 N–H and O–H groups in total. The molecule has 2 fully saturated rings. The van der Waals surface area contributed by atoms with Crippen molar-refractivity contribution in [1.29, 1.82) is 0 Å². The van der Waals surface area contributed by atoms with Crippen LogP contribution in [0.2, 0.25) is 0 Å². The molecule has 8 heteroatoms. The van der Waals surface area contributed by atoms with Gasteiger partial charge in [0.25, 0.3) is 0 Å². The minimum absolute atomic E-state index is 0.138. The first-order chi connectivity index (χ1) is 14.0. The minimum atomic E-state index is -0.293. The first-order valence-electron chi connectivity index (χ1n) is 10.4. The van der Waals surface area contributed by atoms with Crippen molar-refractivity contribution in [1.82, 2.24) is 19.4 Å². The molecule has 0 unspecified atom stereocenters. The van der Waals surface area contributed by atoms with Crippen LogP contribution in [0.4, 0.5) is 9.18 Å². The third-order valence-corrected chi connectivity index (χ3v) is 6.48. The van der Waals surface area contributed by atoms with Crippen molar-refractivity contribution >= 4 is 17.1 Å². The van der Waals surface area contributed by atoms with E-state index in [9.17, 15) is 14.0 Å². The normalized spacial score (nSPS) is 19.8. The van der Waals surface area contributed by atoms with Crippen LogP contribution < -0.4 is 5.69 Å². The highest BCUT2D eigenvalue weighted by Gasteiger charge is 2.28. The van der Waals surface area contributed by atoms with Gasteiger partial charge in [-0.25, -0.2) is 14.0 Å². The Morgan fingerprint density at radius 3 is 2.52 bits per heavy atom. The summed E-state index contributed by atoms with van der Waals surface area (Å²) < 4.78 is 20.4. The predicted octanol–water partition coefficient (Wildman–Crippen LogP) is 2.89. The summed E-state index contributed by atoms with van der Waals surface area (Å²) in [6.45, 7) is 6.17.